The van der Waals surface area contributed by atoms with Crippen molar-refractivity contribution in [1.82, 2.24) is 14.9 Å². The number of fused-ring (bicyclic) bond motifs is 2. The second kappa shape index (κ2) is 7.22. The van der Waals surface area contributed by atoms with Gasteiger partial charge in [0.05, 0.1) is 18.0 Å². The van der Waals surface area contributed by atoms with Gasteiger partial charge in [0.1, 0.15) is 0 Å². The predicted octanol–water partition coefficient (Wildman–Crippen LogP) is 3.87. The first-order chi connectivity index (χ1) is 14.1. The molecule has 0 aliphatic carbocycles. The molecule has 1 aromatic carbocycles. The van der Waals surface area contributed by atoms with Crippen LogP contribution in [0.15, 0.2) is 53.5 Å². The molecule has 5 rings (SSSR count). The monoisotopic (exact) mass is 408 g/mol. The summed E-state index contributed by atoms with van der Waals surface area (Å²) in [7, 11) is 0. The first kappa shape index (κ1) is 18.2. The summed E-state index contributed by atoms with van der Waals surface area (Å²) < 4.78 is 13.2. The molecule has 1 amide bonds. The molecule has 1 saturated heterocycles. The van der Waals surface area contributed by atoms with Gasteiger partial charge >= 0.3 is 0 Å². The Morgan fingerprint density at radius 3 is 2.59 bits per heavy atom. The van der Waals surface area contributed by atoms with Gasteiger partial charge in [0.25, 0.3) is 5.91 Å². The van der Waals surface area contributed by atoms with E-state index < -0.39 is 5.82 Å². The molecule has 0 saturated carbocycles. The number of anilines is 1. The number of rotatable bonds is 2. The van der Waals surface area contributed by atoms with E-state index in [1.165, 1.54) is 23.5 Å². The standard InChI is InChI=1S/C22H21FN4OS/c23-18-11-24-21(25-12-18)26-8-6-22(7-9-26)15-27(20(28)17-5-10-29-14-17)13-16-3-1-2-4-19(16)22/h1-5,10-12,14H,6-9,13,15H2. The molecule has 0 radical (unpaired) electrons. The Labute approximate surface area is 172 Å². The summed E-state index contributed by atoms with van der Waals surface area (Å²) in [6.07, 6.45) is 4.23. The fraction of sp³-hybridized carbons (Fsp3) is 0.318. The van der Waals surface area contributed by atoms with Crippen LogP contribution in [0.4, 0.5) is 10.3 Å². The number of piperidine rings is 1. The molecule has 1 fully saturated rings. The smallest absolute Gasteiger partial charge is 0.255 e. The Kier molecular flexibility index (Phi) is 4.54. The zero-order chi connectivity index (χ0) is 19.8. The largest absolute Gasteiger partial charge is 0.341 e. The van der Waals surface area contributed by atoms with Crippen LogP contribution in [0.25, 0.3) is 0 Å². The molecule has 0 bridgehead atoms. The van der Waals surface area contributed by atoms with Crippen molar-refractivity contribution in [2.24, 2.45) is 0 Å². The molecule has 0 N–H and O–H groups in total. The van der Waals surface area contributed by atoms with Crippen LogP contribution in [-0.4, -0.2) is 40.4 Å². The number of carbonyl (C=O) groups is 1. The summed E-state index contributed by atoms with van der Waals surface area (Å²) in [5.41, 5.74) is 3.28. The van der Waals surface area contributed by atoms with Gasteiger partial charge in [0.15, 0.2) is 5.82 Å². The Morgan fingerprint density at radius 2 is 1.86 bits per heavy atom. The maximum absolute atomic E-state index is 13.2. The Bertz CT molecular complexity index is 1010. The van der Waals surface area contributed by atoms with Crippen molar-refractivity contribution in [1.29, 1.82) is 0 Å². The van der Waals surface area contributed by atoms with E-state index in [2.05, 4.69) is 33.1 Å². The highest BCUT2D eigenvalue weighted by Gasteiger charge is 2.43. The molecule has 2 aromatic heterocycles. The number of hydrogen-bond acceptors (Lipinski definition) is 5. The number of aromatic nitrogens is 2. The molecule has 0 atom stereocenters. The van der Waals surface area contributed by atoms with Crippen LogP contribution in [0.5, 0.6) is 0 Å². The van der Waals surface area contributed by atoms with Crippen LogP contribution in [0, 0.1) is 5.82 Å². The van der Waals surface area contributed by atoms with Gasteiger partial charge in [-0.05, 0) is 35.4 Å². The van der Waals surface area contributed by atoms with E-state index in [0.29, 0.717) is 12.5 Å². The van der Waals surface area contributed by atoms with Crippen molar-refractivity contribution < 1.29 is 9.18 Å². The second-order valence-electron chi connectivity index (χ2n) is 7.80. The molecule has 148 valence electrons. The fourth-order valence-corrected chi connectivity index (χ4v) is 5.26. The number of nitrogens with zero attached hydrogens (tertiary/aromatic N) is 4. The number of halogens is 1. The van der Waals surface area contributed by atoms with Crippen LogP contribution in [-0.2, 0) is 12.0 Å². The highest BCUT2D eigenvalue weighted by Crippen LogP contribution is 2.42. The van der Waals surface area contributed by atoms with E-state index >= 15 is 0 Å². The molecule has 29 heavy (non-hydrogen) atoms. The van der Waals surface area contributed by atoms with Gasteiger partial charge in [-0.1, -0.05) is 24.3 Å². The molecular formula is C22H21FN4OS. The van der Waals surface area contributed by atoms with Gasteiger partial charge in [-0.15, -0.1) is 0 Å². The number of thiophene rings is 1. The molecule has 4 heterocycles. The van der Waals surface area contributed by atoms with E-state index in [1.807, 2.05) is 27.8 Å². The summed E-state index contributed by atoms with van der Waals surface area (Å²) >= 11 is 1.55. The Balaban J connectivity index is 1.42. The molecule has 2 aliphatic rings. The molecule has 1 spiro atoms. The van der Waals surface area contributed by atoms with Crippen molar-refractivity contribution in [2.75, 3.05) is 24.5 Å². The topological polar surface area (TPSA) is 49.3 Å². The first-order valence-electron chi connectivity index (χ1n) is 9.77. The lowest BCUT2D eigenvalue weighted by Crippen LogP contribution is -2.53. The van der Waals surface area contributed by atoms with Crippen molar-refractivity contribution in [3.05, 3.63) is 76.0 Å². The molecule has 5 nitrogen and oxygen atoms in total. The van der Waals surface area contributed by atoms with E-state index in [9.17, 15) is 9.18 Å². The zero-order valence-electron chi connectivity index (χ0n) is 15.9. The third-order valence-electron chi connectivity index (χ3n) is 6.11. The second-order valence-corrected chi connectivity index (χ2v) is 8.58. The molecule has 7 heteroatoms. The third kappa shape index (κ3) is 3.29. The molecule has 0 unspecified atom stereocenters. The number of benzene rings is 1. The maximum Gasteiger partial charge on any atom is 0.255 e. The van der Waals surface area contributed by atoms with Crippen molar-refractivity contribution >= 4 is 23.2 Å². The lowest BCUT2D eigenvalue weighted by Gasteiger charge is -2.48. The minimum Gasteiger partial charge on any atom is -0.341 e. The quantitative estimate of drug-likeness (QED) is 0.646. The van der Waals surface area contributed by atoms with E-state index in [1.54, 1.807) is 11.3 Å². The maximum atomic E-state index is 13.2. The summed E-state index contributed by atoms with van der Waals surface area (Å²) in [5.74, 6) is 0.243. The highest BCUT2D eigenvalue weighted by atomic mass is 32.1. The van der Waals surface area contributed by atoms with Crippen LogP contribution in [0.1, 0.15) is 34.3 Å². The van der Waals surface area contributed by atoms with Gasteiger partial charge in [-0.3, -0.25) is 4.79 Å². The average Bonchev–Trinajstić information content (AvgIpc) is 3.29. The van der Waals surface area contributed by atoms with Crippen molar-refractivity contribution in [2.45, 2.75) is 24.8 Å². The van der Waals surface area contributed by atoms with Gasteiger partial charge in [0.2, 0.25) is 5.95 Å². The Morgan fingerprint density at radius 1 is 1.10 bits per heavy atom. The van der Waals surface area contributed by atoms with Gasteiger partial charge in [-0.25, -0.2) is 14.4 Å². The fourth-order valence-electron chi connectivity index (χ4n) is 4.63. The zero-order valence-corrected chi connectivity index (χ0v) is 16.7. The minimum absolute atomic E-state index is 0.0724. The number of hydrogen-bond donors (Lipinski definition) is 0. The van der Waals surface area contributed by atoms with Gasteiger partial charge < -0.3 is 9.80 Å². The third-order valence-corrected chi connectivity index (χ3v) is 6.79. The molecular weight excluding hydrogens is 387 g/mol. The average molecular weight is 409 g/mol. The normalized spacial score (nSPS) is 18.0. The van der Waals surface area contributed by atoms with Crippen LogP contribution in [0.2, 0.25) is 0 Å². The van der Waals surface area contributed by atoms with Gasteiger partial charge in [-0.2, -0.15) is 11.3 Å². The van der Waals surface area contributed by atoms with E-state index in [-0.39, 0.29) is 11.3 Å². The molecule has 2 aliphatic heterocycles. The Hall–Kier alpha value is -2.80. The van der Waals surface area contributed by atoms with Crippen LogP contribution >= 0.6 is 11.3 Å². The van der Waals surface area contributed by atoms with Crippen molar-refractivity contribution in [3.63, 3.8) is 0 Å². The van der Waals surface area contributed by atoms with E-state index in [0.717, 1.165) is 38.0 Å². The summed E-state index contributed by atoms with van der Waals surface area (Å²) in [6, 6.07) is 10.4. The SMILES string of the molecule is O=C(c1ccsc1)N1Cc2ccccc2C2(CCN(c3ncc(F)cn3)CC2)C1. The lowest BCUT2D eigenvalue weighted by molar-refractivity contribution is 0.0648. The highest BCUT2D eigenvalue weighted by molar-refractivity contribution is 7.08. The minimum atomic E-state index is -0.425. The van der Waals surface area contributed by atoms with Crippen molar-refractivity contribution in [3.8, 4) is 0 Å². The van der Waals surface area contributed by atoms with E-state index in [4.69, 9.17) is 0 Å². The van der Waals surface area contributed by atoms with Crippen LogP contribution < -0.4 is 4.90 Å². The molecule has 3 aromatic rings. The summed E-state index contributed by atoms with van der Waals surface area (Å²) in [5, 5.41) is 3.87. The van der Waals surface area contributed by atoms with Crippen LogP contribution in [0.3, 0.4) is 0 Å². The first-order valence-corrected chi connectivity index (χ1v) is 10.7. The number of carbonyl (C=O) groups excluding carboxylic acids is 1. The summed E-state index contributed by atoms with van der Waals surface area (Å²) in [6.45, 7) is 2.93. The lowest BCUT2D eigenvalue weighted by atomic mass is 9.69. The van der Waals surface area contributed by atoms with Gasteiger partial charge in [0, 0.05) is 37.0 Å². The number of amides is 1. The summed E-state index contributed by atoms with van der Waals surface area (Å²) in [4.78, 5) is 25.4. The predicted molar refractivity (Wildman–Crippen MR) is 111 cm³/mol.